The van der Waals surface area contributed by atoms with Crippen molar-refractivity contribution in [2.75, 3.05) is 19.6 Å². The summed E-state index contributed by atoms with van der Waals surface area (Å²) in [7, 11) is 0. The van der Waals surface area contributed by atoms with Crippen LogP contribution in [-0.4, -0.2) is 118 Å². The third-order valence-corrected chi connectivity index (χ3v) is 7.79. The number of carbonyl (C=O) groups excluding carboxylic acids is 6. The first-order valence-corrected chi connectivity index (χ1v) is 16.1. The molecule has 1 saturated heterocycles. The first kappa shape index (κ1) is 41.4. The minimum absolute atomic E-state index is 0.00317. The maximum atomic E-state index is 13.3. The Morgan fingerprint density at radius 3 is 2.18 bits per heavy atom. The topological polar surface area (TPSA) is 345 Å². The number of nitrogens with one attached hydrogen (secondary N) is 4. The van der Waals surface area contributed by atoms with Crippen molar-refractivity contribution in [1.29, 1.82) is 0 Å². The fourth-order valence-electron chi connectivity index (χ4n) is 5.22. The van der Waals surface area contributed by atoms with Crippen LogP contribution in [0.5, 0.6) is 0 Å². The summed E-state index contributed by atoms with van der Waals surface area (Å²) in [5.74, 6) is -7.80. The van der Waals surface area contributed by atoms with Crippen LogP contribution in [0.3, 0.4) is 0 Å². The standard InChI is InChI=1S/C31H46N10O10/c32-18(10-11-23(33)42)29(49)41-13-5-9-22(41)28(48)39-19(8-4-12-36-31(34)35)26(46)37-16-24(43)38-20(15-25(44)45)27(47)40-21(30(50)51)14-17-6-2-1-3-7-17/h1-3,6-7,18-22H,4-5,8-16,32H2,(H2,33,42)(H,37,46)(H,38,43)(H,39,48)(H,40,47)(H,44,45)(H,50,51)(H4,34,35,36). The zero-order chi connectivity index (χ0) is 38.1. The molecular weight excluding hydrogens is 672 g/mol. The third kappa shape index (κ3) is 14.7. The fraction of sp³-hybridized carbons (Fsp3) is 0.516. The van der Waals surface area contributed by atoms with Gasteiger partial charge in [0, 0.05) is 25.9 Å². The van der Waals surface area contributed by atoms with Gasteiger partial charge < -0.3 is 59.3 Å². The van der Waals surface area contributed by atoms with Crippen LogP contribution in [0.4, 0.5) is 0 Å². The second-order valence-corrected chi connectivity index (χ2v) is 11.8. The van der Waals surface area contributed by atoms with Crippen LogP contribution in [0.2, 0.25) is 0 Å². The van der Waals surface area contributed by atoms with E-state index in [0.717, 1.165) is 0 Å². The van der Waals surface area contributed by atoms with Gasteiger partial charge in [-0.05, 0) is 37.7 Å². The Kier molecular flexibility index (Phi) is 16.8. The van der Waals surface area contributed by atoms with Crippen LogP contribution in [0.1, 0.15) is 50.5 Å². The largest absolute Gasteiger partial charge is 0.481 e. The van der Waals surface area contributed by atoms with E-state index in [9.17, 15) is 48.6 Å². The highest BCUT2D eigenvalue weighted by molar-refractivity contribution is 5.96. The quantitative estimate of drug-likeness (QED) is 0.0329. The van der Waals surface area contributed by atoms with Crippen molar-refractivity contribution < 1.29 is 48.6 Å². The van der Waals surface area contributed by atoms with E-state index < -0.39 is 90.6 Å². The molecule has 1 fully saturated rings. The van der Waals surface area contributed by atoms with Gasteiger partial charge in [-0.1, -0.05) is 30.3 Å². The minimum atomic E-state index is -1.69. The Balaban J connectivity index is 2.09. The summed E-state index contributed by atoms with van der Waals surface area (Å²) in [6, 6.07) is 1.94. The maximum Gasteiger partial charge on any atom is 0.326 e. The highest BCUT2D eigenvalue weighted by Crippen LogP contribution is 2.19. The van der Waals surface area contributed by atoms with Crippen molar-refractivity contribution >= 4 is 53.3 Å². The van der Waals surface area contributed by atoms with Crippen LogP contribution in [0.15, 0.2) is 35.3 Å². The summed E-state index contributed by atoms with van der Waals surface area (Å²) in [5, 5.41) is 28.3. The number of carbonyl (C=O) groups is 8. The normalized spacial score (nSPS) is 16.0. The van der Waals surface area contributed by atoms with Gasteiger partial charge in [0.2, 0.25) is 35.4 Å². The van der Waals surface area contributed by atoms with Crippen molar-refractivity contribution in [3.8, 4) is 0 Å². The van der Waals surface area contributed by atoms with Crippen LogP contribution < -0.4 is 44.2 Å². The molecule has 0 radical (unpaired) electrons. The number of nitrogens with zero attached hydrogens (tertiary/aromatic N) is 2. The van der Waals surface area contributed by atoms with Gasteiger partial charge >= 0.3 is 11.9 Å². The molecule has 1 aliphatic heterocycles. The third-order valence-electron chi connectivity index (χ3n) is 7.79. The Hall–Kier alpha value is -5.79. The monoisotopic (exact) mass is 718 g/mol. The molecule has 51 heavy (non-hydrogen) atoms. The Morgan fingerprint density at radius 1 is 0.882 bits per heavy atom. The van der Waals surface area contributed by atoms with Crippen LogP contribution in [0.25, 0.3) is 0 Å². The van der Waals surface area contributed by atoms with E-state index >= 15 is 0 Å². The molecule has 0 aliphatic carbocycles. The lowest BCUT2D eigenvalue weighted by Gasteiger charge is -2.28. The first-order chi connectivity index (χ1) is 24.1. The smallest absolute Gasteiger partial charge is 0.326 e. The number of benzene rings is 1. The SMILES string of the molecule is NC(=O)CCC(N)C(=O)N1CCCC1C(=O)NC(CCCN=C(N)N)C(=O)NCC(=O)NC(CC(=O)O)C(=O)NC(Cc1ccccc1)C(=O)O. The van der Waals surface area contributed by atoms with Gasteiger partial charge in [-0.15, -0.1) is 0 Å². The predicted molar refractivity (Wildman–Crippen MR) is 180 cm³/mol. The molecule has 5 unspecified atom stereocenters. The predicted octanol–water partition coefficient (Wildman–Crippen LogP) is -4.00. The van der Waals surface area contributed by atoms with E-state index in [1.54, 1.807) is 30.3 Å². The van der Waals surface area contributed by atoms with E-state index in [4.69, 9.17) is 22.9 Å². The minimum Gasteiger partial charge on any atom is -0.481 e. The number of carboxylic acid groups (broad SMARTS) is 2. The van der Waals surface area contributed by atoms with Crippen LogP contribution >= 0.6 is 0 Å². The van der Waals surface area contributed by atoms with Crippen molar-refractivity contribution in [2.45, 2.75) is 81.6 Å². The van der Waals surface area contributed by atoms with Gasteiger partial charge in [0.15, 0.2) is 5.96 Å². The average molecular weight is 719 g/mol. The number of guanidine groups is 1. The molecule has 0 spiro atoms. The number of aliphatic carboxylic acids is 2. The Morgan fingerprint density at radius 2 is 1.57 bits per heavy atom. The number of primary amides is 1. The Labute approximate surface area is 293 Å². The number of likely N-dealkylation sites (tertiary alicyclic amines) is 1. The van der Waals surface area contributed by atoms with Gasteiger partial charge in [-0.25, -0.2) is 4.79 Å². The van der Waals surface area contributed by atoms with E-state index in [2.05, 4.69) is 26.3 Å². The highest BCUT2D eigenvalue weighted by Gasteiger charge is 2.37. The summed E-state index contributed by atoms with van der Waals surface area (Å²) in [4.78, 5) is 105. The first-order valence-electron chi connectivity index (χ1n) is 16.1. The van der Waals surface area contributed by atoms with Crippen molar-refractivity contribution in [3.05, 3.63) is 35.9 Å². The number of aliphatic imine (C=N–C) groups is 1. The van der Waals surface area contributed by atoms with Crippen molar-refractivity contribution in [3.63, 3.8) is 0 Å². The number of carboxylic acids is 2. The molecule has 0 aromatic heterocycles. The molecular formula is C31H46N10O10. The zero-order valence-corrected chi connectivity index (χ0v) is 27.9. The summed E-state index contributed by atoms with van der Waals surface area (Å²) < 4.78 is 0. The molecule has 1 aromatic rings. The number of hydrogen-bond acceptors (Lipinski definition) is 10. The molecule has 0 saturated carbocycles. The van der Waals surface area contributed by atoms with Crippen LogP contribution in [0, 0.1) is 0 Å². The molecule has 1 aliphatic rings. The van der Waals surface area contributed by atoms with E-state index in [1.807, 2.05) is 0 Å². The lowest BCUT2D eigenvalue weighted by atomic mass is 10.1. The molecule has 20 nitrogen and oxygen atoms in total. The van der Waals surface area contributed by atoms with Gasteiger partial charge in [0.05, 0.1) is 19.0 Å². The molecule has 1 heterocycles. The second kappa shape index (κ2) is 20.7. The molecule has 1 aromatic carbocycles. The summed E-state index contributed by atoms with van der Waals surface area (Å²) in [6.07, 6.45) is -0.197. The summed E-state index contributed by atoms with van der Waals surface area (Å²) in [5.41, 5.74) is 22.4. The van der Waals surface area contributed by atoms with Crippen molar-refractivity contribution in [1.82, 2.24) is 26.2 Å². The fourth-order valence-corrected chi connectivity index (χ4v) is 5.22. The number of amides is 6. The van der Waals surface area contributed by atoms with E-state index in [-0.39, 0.29) is 57.6 Å². The van der Waals surface area contributed by atoms with Crippen molar-refractivity contribution in [2.24, 2.45) is 27.9 Å². The maximum absolute atomic E-state index is 13.3. The zero-order valence-electron chi connectivity index (χ0n) is 27.9. The number of nitrogens with two attached hydrogens (primary N) is 4. The van der Waals surface area contributed by atoms with Gasteiger partial charge in [-0.3, -0.25) is 38.6 Å². The van der Waals surface area contributed by atoms with Gasteiger partial charge in [0.25, 0.3) is 0 Å². The molecule has 6 amide bonds. The second-order valence-electron chi connectivity index (χ2n) is 11.8. The van der Waals surface area contributed by atoms with Gasteiger partial charge in [0.1, 0.15) is 24.2 Å². The Bertz CT molecular complexity index is 1450. The van der Waals surface area contributed by atoms with E-state index in [0.29, 0.717) is 12.0 Å². The summed E-state index contributed by atoms with van der Waals surface area (Å²) >= 11 is 0. The summed E-state index contributed by atoms with van der Waals surface area (Å²) in [6.45, 7) is -0.441. The number of rotatable bonds is 21. The molecule has 0 bridgehead atoms. The van der Waals surface area contributed by atoms with Gasteiger partial charge in [-0.2, -0.15) is 0 Å². The van der Waals surface area contributed by atoms with Crippen LogP contribution in [-0.2, 0) is 44.8 Å². The molecule has 20 heteroatoms. The molecule has 5 atom stereocenters. The lowest BCUT2D eigenvalue weighted by molar-refractivity contribution is -0.143. The number of hydrogen-bond donors (Lipinski definition) is 10. The average Bonchev–Trinajstić information content (AvgIpc) is 3.56. The van der Waals surface area contributed by atoms with E-state index in [1.165, 1.54) is 4.90 Å². The highest BCUT2D eigenvalue weighted by atomic mass is 16.4. The molecule has 2 rings (SSSR count). The lowest BCUT2D eigenvalue weighted by Crippen LogP contribution is -2.56. The molecule has 14 N–H and O–H groups in total. The molecule has 280 valence electrons.